The van der Waals surface area contributed by atoms with Crippen LogP contribution in [0, 0.1) is 0 Å². The highest BCUT2D eigenvalue weighted by atomic mass is 35.5. The van der Waals surface area contributed by atoms with Gasteiger partial charge in [0, 0.05) is 45.6 Å². The molecule has 0 spiro atoms. The lowest BCUT2D eigenvalue weighted by Crippen LogP contribution is -2.24. The van der Waals surface area contributed by atoms with Gasteiger partial charge in [0.05, 0.1) is 35.0 Å². The number of hydrogen-bond acceptors (Lipinski definition) is 6. The average Bonchev–Trinajstić information content (AvgIpc) is 3.29. The molecule has 35 heavy (non-hydrogen) atoms. The Bertz CT molecular complexity index is 1330. The highest BCUT2D eigenvalue weighted by molar-refractivity contribution is 6.32. The summed E-state index contributed by atoms with van der Waals surface area (Å²) < 4.78 is 7.04. The predicted octanol–water partition coefficient (Wildman–Crippen LogP) is 4.72. The summed E-state index contributed by atoms with van der Waals surface area (Å²) in [5.74, 6) is 0.403. The molecule has 2 N–H and O–H groups in total. The maximum Gasteiger partial charge on any atom is 0.255 e. The van der Waals surface area contributed by atoms with Gasteiger partial charge in [-0.2, -0.15) is 5.10 Å². The largest absolute Gasteiger partial charge is 0.495 e. The number of nitrogens with zero attached hydrogens (tertiary/aromatic N) is 4. The minimum atomic E-state index is -0.212. The van der Waals surface area contributed by atoms with Gasteiger partial charge in [0.2, 0.25) is 0 Å². The minimum Gasteiger partial charge on any atom is -0.495 e. The fraction of sp³-hybridized carbons (Fsp3) is 0.269. The molecule has 1 amide bonds. The number of aromatic nitrogens is 3. The molecule has 4 aromatic rings. The summed E-state index contributed by atoms with van der Waals surface area (Å²) in [6.45, 7) is 3.56. The van der Waals surface area contributed by atoms with E-state index in [9.17, 15) is 4.79 Å². The van der Waals surface area contributed by atoms with E-state index in [0.717, 1.165) is 27.8 Å². The van der Waals surface area contributed by atoms with E-state index in [1.165, 1.54) is 0 Å². The summed E-state index contributed by atoms with van der Waals surface area (Å²) >= 11 is 6.29. The van der Waals surface area contributed by atoms with Crippen LogP contribution in [0.15, 0.2) is 54.9 Å². The van der Waals surface area contributed by atoms with Crippen molar-refractivity contribution in [3.63, 3.8) is 0 Å². The van der Waals surface area contributed by atoms with Crippen LogP contribution in [0.3, 0.4) is 0 Å². The first-order valence-corrected chi connectivity index (χ1v) is 11.7. The molecule has 0 saturated heterocycles. The number of benzene rings is 2. The number of hydrogen-bond donors (Lipinski definition) is 2. The van der Waals surface area contributed by atoms with E-state index in [4.69, 9.17) is 16.3 Å². The van der Waals surface area contributed by atoms with Crippen LogP contribution < -0.4 is 20.3 Å². The van der Waals surface area contributed by atoms with Gasteiger partial charge in [-0.1, -0.05) is 29.8 Å². The Kier molecular flexibility index (Phi) is 7.41. The van der Waals surface area contributed by atoms with Crippen molar-refractivity contribution in [2.75, 3.05) is 31.4 Å². The van der Waals surface area contributed by atoms with Crippen LogP contribution >= 0.6 is 11.6 Å². The summed E-state index contributed by atoms with van der Waals surface area (Å²) in [5.41, 5.74) is 4.93. The van der Waals surface area contributed by atoms with E-state index in [2.05, 4.69) is 20.7 Å². The molecule has 9 heteroatoms. The number of carbonyl (C=O) groups excluding carboxylic acids is 1. The fourth-order valence-corrected chi connectivity index (χ4v) is 4.10. The number of fused-ring (bicyclic) bond motifs is 1. The highest BCUT2D eigenvalue weighted by Gasteiger charge is 2.18. The number of nitrogens with one attached hydrogen (secondary N) is 2. The van der Waals surface area contributed by atoms with Gasteiger partial charge in [0.15, 0.2) is 5.65 Å². The van der Waals surface area contributed by atoms with Crippen LogP contribution in [-0.4, -0.2) is 41.9 Å². The molecular formula is C26H29ClN6O2. The number of ether oxygens (including phenoxy) is 1. The molecule has 0 aliphatic carbocycles. The van der Waals surface area contributed by atoms with Crippen molar-refractivity contribution in [3.05, 3.63) is 76.6 Å². The van der Waals surface area contributed by atoms with Crippen molar-refractivity contribution < 1.29 is 9.53 Å². The third-order valence-corrected chi connectivity index (χ3v) is 6.10. The van der Waals surface area contributed by atoms with Crippen LogP contribution in [0.4, 0.5) is 11.4 Å². The van der Waals surface area contributed by atoms with E-state index >= 15 is 0 Å². The molecule has 8 nitrogen and oxygen atoms in total. The summed E-state index contributed by atoms with van der Waals surface area (Å²) in [6, 6.07) is 13.7. The Morgan fingerprint density at radius 3 is 2.49 bits per heavy atom. The van der Waals surface area contributed by atoms with Crippen LogP contribution in [0.5, 0.6) is 5.75 Å². The van der Waals surface area contributed by atoms with Crippen molar-refractivity contribution in [1.29, 1.82) is 0 Å². The monoisotopic (exact) mass is 492 g/mol. The first kappa shape index (κ1) is 24.3. The molecule has 2 heterocycles. The Balaban J connectivity index is 1.58. The molecule has 0 aliphatic heterocycles. The molecule has 0 aliphatic rings. The number of carbonyl (C=O) groups is 1. The van der Waals surface area contributed by atoms with Gasteiger partial charge in [-0.15, -0.1) is 0 Å². The van der Waals surface area contributed by atoms with Crippen LogP contribution in [-0.2, 0) is 19.6 Å². The Morgan fingerprint density at radius 2 is 1.83 bits per heavy atom. The molecule has 4 rings (SSSR count). The molecule has 0 bridgehead atoms. The number of methoxy groups -OCH3 is 1. The van der Waals surface area contributed by atoms with Crippen LogP contribution in [0.25, 0.3) is 11.0 Å². The summed E-state index contributed by atoms with van der Waals surface area (Å²) in [5, 5.41) is 12.2. The lowest BCUT2D eigenvalue weighted by Gasteiger charge is -2.15. The van der Waals surface area contributed by atoms with E-state index in [1.54, 1.807) is 24.2 Å². The Labute approximate surface area is 209 Å². The van der Waals surface area contributed by atoms with Gasteiger partial charge in [0.25, 0.3) is 5.91 Å². The number of rotatable bonds is 9. The number of pyridine rings is 1. The van der Waals surface area contributed by atoms with Crippen molar-refractivity contribution in [1.82, 2.24) is 20.1 Å². The van der Waals surface area contributed by atoms with E-state index in [0.29, 0.717) is 41.7 Å². The summed E-state index contributed by atoms with van der Waals surface area (Å²) in [6.07, 6.45) is 3.34. The molecular weight excluding hydrogens is 464 g/mol. The third kappa shape index (κ3) is 5.33. The van der Waals surface area contributed by atoms with Crippen LogP contribution in [0.1, 0.15) is 28.4 Å². The lowest BCUT2D eigenvalue weighted by molar-refractivity contribution is 0.0951. The average molecular weight is 493 g/mol. The van der Waals surface area contributed by atoms with Gasteiger partial charge in [-0.05, 0) is 42.3 Å². The van der Waals surface area contributed by atoms with Crippen molar-refractivity contribution >= 4 is 39.9 Å². The molecule has 182 valence electrons. The highest BCUT2D eigenvalue weighted by Crippen LogP contribution is 2.29. The Morgan fingerprint density at radius 1 is 1.09 bits per heavy atom. The zero-order valence-corrected chi connectivity index (χ0v) is 21.1. The molecule has 2 aromatic heterocycles. The summed E-state index contributed by atoms with van der Waals surface area (Å²) in [7, 11) is 5.57. The standard InChI is InChI=1S/C26H29ClN6O2/c1-5-33-25-20(16-31-33)24(28-14-18-8-11-23(35-4)22(27)12-18)21(15-29-25)26(34)30-13-17-6-9-19(10-7-17)32(2)3/h6-12,15-16H,5,13-14H2,1-4H3,(H,28,29)(H,30,34). The molecule has 0 radical (unpaired) electrons. The van der Waals surface area contributed by atoms with Crippen molar-refractivity contribution in [2.45, 2.75) is 26.6 Å². The minimum absolute atomic E-state index is 0.212. The number of halogens is 1. The molecule has 0 fully saturated rings. The van der Waals surface area contributed by atoms with Gasteiger partial charge < -0.3 is 20.3 Å². The van der Waals surface area contributed by atoms with E-state index in [-0.39, 0.29) is 5.91 Å². The molecule has 0 atom stereocenters. The lowest BCUT2D eigenvalue weighted by atomic mass is 10.1. The summed E-state index contributed by atoms with van der Waals surface area (Å²) in [4.78, 5) is 19.8. The fourth-order valence-electron chi connectivity index (χ4n) is 3.82. The second kappa shape index (κ2) is 10.7. The van der Waals surface area contributed by atoms with E-state index in [1.807, 2.05) is 68.4 Å². The number of amides is 1. The third-order valence-electron chi connectivity index (χ3n) is 5.80. The molecule has 0 unspecified atom stereocenters. The maximum absolute atomic E-state index is 13.2. The quantitative estimate of drug-likeness (QED) is 0.351. The number of aryl methyl sites for hydroxylation is 1. The van der Waals surface area contributed by atoms with Crippen molar-refractivity contribution in [2.24, 2.45) is 0 Å². The Hall–Kier alpha value is -3.78. The van der Waals surface area contributed by atoms with Gasteiger partial charge in [-0.3, -0.25) is 4.79 Å². The number of anilines is 2. The predicted molar refractivity (Wildman–Crippen MR) is 140 cm³/mol. The zero-order valence-electron chi connectivity index (χ0n) is 20.3. The zero-order chi connectivity index (χ0) is 24.9. The first-order valence-electron chi connectivity index (χ1n) is 11.4. The van der Waals surface area contributed by atoms with Gasteiger partial charge >= 0.3 is 0 Å². The van der Waals surface area contributed by atoms with Crippen LogP contribution in [0.2, 0.25) is 5.02 Å². The normalized spacial score (nSPS) is 10.9. The molecule has 0 saturated carbocycles. The smallest absolute Gasteiger partial charge is 0.255 e. The van der Waals surface area contributed by atoms with Crippen molar-refractivity contribution in [3.8, 4) is 5.75 Å². The SMILES string of the molecule is CCn1ncc2c(NCc3ccc(OC)c(Cl)c3)c(C(=O)NCc3ccc(N(C)C)cc3)cnc21. The second-order valence-electron chi connectivity index (χ2n) is 8.31. The van der Waals surface area contributed by atoms with Gasteiger partial charge in [-0.25, -0.2) is 9.67 Å². The second-order valence-corrected chi connectivity index (χ2v) is 8.72. The maximum atomic E-state index is 13.2. The van der Waals surface area contributed by atoms with E-state index < -0.39 is 0 Å². The van der Waals surface area contributed by atoms with Gasteiger partial charge in [0.1, 0.15) is 5.75 Å². The molecule has 2 aromatic carbocycles. The topological polar surface area (TPSA) is 84.3 Å². The first-order chi connectivity index (χ1) is 16.9.